The van der Waals surface area contributed by atoms with E-state index in [2.05, 4.69) is 4.99 Å². The monoisotopic (exact) mass is 446 g/mol. The van der Waals surface area contributed by atoms with Crippen LogP contribution < -0.4 is 14.4 Å². The van der Waals surface area contributed by atoms with Gasteiger partial charge in [0.15, 0.2) is 21.1 Å². The number of hydrogen-bond acceptors (Lipinski definition) is 6. The van der Waals surface area contributed by atoms with Gasteiger partial charge in [-0.05, 0) is 43.3 Å². The fourth-order valence-corrected chi connectivity index (χ4v) is 7.47. The highest BCUT2D eigenvalue weighted by Crippen LogP contribution is 2.41. The smallest absolute Gasteiger partial charge is 0.288 e. The zero-order chi connectivity index (χ0) is 21.3. The van der Waals surface area contributed by atoms with Crippen LogP contribution in [0.15, 0.2) is 59.6 Å². The highest BCUT2D eigenvalue weighted by Gasteiger charge is 2.49. The number of carbonyl (C=O) groups is 1. The first-order valence-corrected chi connectivity index (χ1v) is 12.2. The van der Waals surface area contributed by atoms with Crippen LogP contribution in [-0.2, 0) is 14.6 Å². The van der Waals surface area contributed by atoms with Crippen LogP contribution in [0.4, 0.5) is 5.69 Å². The third-order valence-corrected chi connectivity index (χ3v) is 8.24. The molecule has 2 saturated heterocycles. The normalized spacial score (nSPS) is 24.5. The lowest BCUT2D eigenvalue weighted by molar-refractivity contribution is -0.123. The number of amides is 1. The summed E-state index contributed by atoms with van der Waals surface area (Å²) in [5, 5.41) is 0.340. The SMILES string of the molecule is COc1ccc(N2C(=NC(=O)C(C)Oc3ccccc3)SC3CS(=O)(=O)CC32)cc1. The second kappa shape index (κ2) is 8.31. The Morgan fingerprint density at radius 1 is 1.10 bits per heavy atom. The van der Waals surface area contributed by atoms with Gasteiger partial charge in [0.25, 0.3) is 5.91 Å². The number of hydrogen-bond donors (Lipinski definition) is 0. The van der Waals surface area contributed by atoms with Crippen molar-refractivity contribution in [2.45, 2.75) is 24.3 Å². The number of anilines is 1. The summed E-state index contributed by atoms with van der Waals surface area (Å²) in [4.78, 5) is 18.9. The van der Waals surface area contributed by atoms with Crippen molar-refractivity contribution in [1.82, 2.24) is 0 Å². The van der Waals surface area contributed by atoms with Crippen LogP contribution in [0, 0.1) is 0 Å². The van der Waals surface area contributed by atoms with Gasteiger partial charge < -0.3 is 14.4 Å². The predicted molar refractivity (Wildman–Crippen MR) is 118 cm³/mol. The molecule has 0 aliphatic carbocycles. The number of fused-ring (bicyclic) bond motifs is 1. The van der Waals surface area contributed by atoms with Gasteiger partial charge in [-0.2, -0.15) is 4.99 Å². The minimum atomic E-state index is -3.12. The quantitative estimate of drug-likeness (QED) is 0.698. The molecule has 2 aliphatic rings. The molecule has 0 N–H and O–H groups in total. The molecule has 2 heterocycles. The van der Waals surface area contributed by atoms with Gasteiger partial charge in [-0.15, -0.1) is 0 Å². The van der Waals surface area contributed by atoms with E-state index in [1.807, 2.05) is 35.2 Å². The molecule has 3 unspecified atom stereocenters. The average Bonchev–Trinajstić information content (AvgIpc) is 3.19. The van der Waals surface area contributed by atoms with Crippen molar-refractivity contribution in [2.75, 3.05) is 23.5 Å². The van der Waals surface area contributed by atoms with Crippen molar-refractivity contribution in [3.05, 3.63) is 54.6 Å². The van der Waals surface area contributed by atoms with Crippen LogP contribution in [0.25, 0.3) is 0 Å². The molecule has 2 aromatic rings. The molecule has 2 aliphatic heterocycles. The summed E-state index contributed by atoms with van der Waals surface area (Å²) in [6, 6.07) is 16.1. The van der Waals surface area contributed by atoms with Gasteiger partial charge in [0.2, 0.25) is 0 Å². The predicted octanol–water partition coefficient (Wildman–Crippen LogP) is 2.76. The Morgan fingerprint density at radius 3 is 2.47 bits per heavy atom. The van der Waals surface area contributed by atoms with Gasteiger partial charge in [0, 0.05) is 10.9 Å². The summed E-state index contributed by atoms with van der Waals surface area (Å²) < 4.78 is 35.2. The molecule has 158 valence electrons. The molecule has 0 spiro atoms. The van der Waals surface area contributed by atoms with Crippen molar-refractivity contribution < 1.29 is 22.7 Å². The number of para-hydroxylation sites is 1. The van der Waals surface area contributed by atoms with E-state index in [0.717, 1.165) is 5.69 Å². The molecule has 0 aromatic heterocycles. The van der Waals surface area contributed by atoms with Gasteiger partial charge in [-0.3, -0.25) is 4.79 Å². The topological polar surface area (TPSA) is 85.3 Å². The Morgan fingerprint density at radius 2 is 1.80 bits per heavy atom. The summed E-state index contributed by atoms with van der Waals surface area (Å²) in [7, 11) is -1.54. The van der Waals surface area contributed by atoms with Crippen molar-refractivity contribution in [3.8, 4) is 11.5 Å². The fourth-order valence-electron chi connectivity index (χ4n) is 3.55. The summed E-state index contributed by atoms with van der Waals surface area (Å²) >= 11 is 1.34. The second-order valence-electron chi connectivity index (χ2n) is 7.17. The highest BCUT2D eigenvalue weighted by molar-refractivity contribution is 8.16. The zero-order valence-electron chi connectivity index (χ0n) is 16.6. The largest absolute Gasteiger partial charge is 0.497 e. The van der Waals surface area contributed by atoms with Crippen LogP contribution in [0.5, 0.6) is 11.5 Å². The Hall–Kier alpha value is -2.52. The van der Waals surface area contributed by atoms with Gasteiger partial charge in [-0.25, -0.2) is 8.42 Å². The molecule has 1 amide bonds. The summed E-state index contributed by atoms with van der Waals surface area (Å²) in [5.41, 5.74) is 0.774. The summed E-state index contributed by atoms with van der Waals surface area (Å²) in [6.07, 6.45) is -0.762. The van der Waals surface area contributed by atoms with Crippen LogP contribution >= 0.6 is 11.8 Å². The van der Waals surface area contributed by atoms with E-state index in [9.17, 15) is 13.2 Å². The standard InChI is InChI=1S/C21H22N2O5S2/c1-14(28-17-6-4-3-5-7-17)20(24)22-21-23(15-8-10-16(27-2)11-9-15)18-12-30(25,26)13-19(18)29-21/h3-11,14,18-19H,12-13H2,1-2H3. The van der Waals surface area contributed by atoms with Crippen LogP contribution in [0.1, 0.15) is 6.92 Å². The number of rotatable bonds is 5. The molecule has 0 radical (unpaired) electrons. The summed E-state index contributed by atoms with van der Waals surface area (Å²) in [6.45, 7) is 1.65. The first-order valence-electron chi connectivity index (χ1n) is 9.51. The Bertz CT molecular complexity index is 1050. The molecule has 2 fully saturated rings. The molecular formula is C21H22N2O5S2. The van der Waals surface area contributed by atoms with Crippen molar-refractivity contribution in [2.24, 2.45) is 4.99 Å². The molecule has 2 aromatic carbocycles. The van der Waals surface area contributed by atoms with E-state index in [0.29, 0.717) is 16.7 Å². The number of benzene rings is 2. The molecular weight excluding hydrogens is 424 g/mol. The molecule has 7 nitrogen and oxygen atoms in total. The van der Waals surface area contributed by atoms with Gasteiger partial charge in [0.1, 0.15) is 11.5 Å². The molecule has 9 heteroatoms. The molecule has 0 bridgehead atoms. The number of aliphatic imine (C=N–C) groups is 1. The molecule has 3 atom stereocenters. The Kier molecular flexibility index (Phi) is 5.75. The van der Waals surface area contributed by atoms with Crippen LogP contribution in [0.3, 0.4) is 0 Å². The van der Waals surface area contributed by atoms with E-state index in [1.54, 1.807) is 38.3 Å². The van der Waals surface area contributed by atoms with Gasteiger partial charge in [-0.1, -0.05) is 30.0 Å². The number of thioether (sulfide) groups is 1. The number of amidine groups is 1. The average molecular weight is 447 g/mol. The first kappa shape index (κ1) is 20.7. The van der Waals surface area contributed by atoms with Gasteiger partial charge in [0.05, 0.1) is 24.7 Å². The number of carbonyl (C=O) groups excluding carboxylic acids is 1. The van der Waals surface area contributed by atoms with Crippen molar-refractivity contribution in [3.63, 3.8) is 0 Å². The number of nitrogens with zero attached hydrogens (tertiary/aromatic N) is 2. The molecule has 4 rings (SSSR count). The maximum absolute atomic E-state index is 12.7. The third-order valence-electron chi connectivity index (χ3n) is 5.03. The number of sulfone groups is 1. The van der Waals surface area contributed by atoms with E-state index in [1.165, 1.54) is 11.8 Å². The number of ether oxygens (including phenoxy) is 2. The minimum absolute atomic E-state index is 0.0416. The van der Waals surface area contributed by atoms with E-state index < -0.39 is 21.8 Å². The molecule has 0 saturated carbocycles. The van der Waals surface area contributed by atoms with Crippen molar-refractivity contribution >= 4 is 38.4 Å². The Balaban J connectivity index is 1.60. The van der Waals surface area contributed by atoms with Crippen LogP contribution in [0.2, 0.25) is 0 Å². The third kappa shape index (κ3) is 4.32. The summed E-state index contributed by atoms with van der Waals surface area (Å²) in [5.74, 6) is 0.994. The lowest BCUT2D eigenvalue weighted by atomic mass is 10.2. The molecule has 30 heavy (non-hydrogen) atoms. The lowest BCUT2D eigenvalue weighted by Crippen LogP contribution is -2.38. The van der Waals surface area contributed by atoms with E-state index >= 15 is 0 Å². The van der Waals surface area contributed by atoms with E-state index in [-0.39, 0.29) is 22.8 Å². The van der Waals surface area contributed by atoms with Crippen molar-refractivity contribution in [1.29, 1.82) is 0 Å². The number of methoxy groups -OCH3 is 1. The van der Waals surface area contributed by atoms with Crippen LogP contribution in [-0.4, -0.2) is 55.5 Å². The Labute approximate surface area is 180 Å². The maximum Gasteiger partial charge on any atom is 0.288 e. The zero-order valence-corrected chi connectivity index (χ0v) is 18.2. The second-order valence-corrected chi connectivity index (χ2v) is 10.5. The fraction of sp³-hybridized carbons (Fsp3) is 0.333. The minimum Gasteiger partial charge on any atom is -0.497 e. The van der Waals surface area contributed by atoms with Gasteiger partial charge >= 0.3 is 0 Å². The maximum atomic E-state index is 12.7. The lowest BCUT2D eigenvalue weighted by Gasteiger charge is -2.24. The van der Waals surface area contributed by atoms with E-state index in [4.69, 9.17) is 9.47 Å². The highest BCUT2D eigenvalue weighted by atomic mass is 32.2. The first-order chi connectivity index (χ1) is 14.4.